The van der Waals surface area contributed by atoms with Crippen LogP contribution in [0.15, 0.2) is 4.52 Å². The molecular formula is C10H18N4O. The lowest BCUT2D eigenvalue weighted by Crippen LogP contribution is -2.29. The highest BCUT2D eigenvalue weighted by atomic mass is 16.5. The third-order valence-corrected chi connectivity index (χ3v) is 2.81. The molecule has 0 radical (unpaired) electrons. The second kappa shape index (κ2) is 4.18. The third kappa shape index (κ3) is 2.47. The fourth-order valence-electron chi connectivity index (χ4n) is 1.70. The van der Waals surface area contributed by atoms with Crippen LogP contribution in [0.4, 0.5) is 5.95 Å². The minimum absolute atomic E-state index is 0.487. The van der Waals surface area contributed by atoms with Crippen molar-refractivity contribution in [3.05, 3.63) is 5.89 Å². The highest BCUT2D eigenvalue weighted by Gasteiger charge is 2.31. The SMILES string of the molecule is CNC(Cc1nc(N(C)C)no1)C1CC1. The first-order valence-electron chi connectivity index (χ1n) is 5.38. The van der Waals surface area contributed by atoms with Gasteiger partial charge in [0, 0.05) is 26.6 Å². The summed E-state index contributed by atoms with van der Waals surface area (Å²) in [4.78, 5) is 6.16. The predicted molar refractivity (Wildman–Crippen MR) is 57.9 cm³/mol. The van der Waals surface area contributed by atoms with E-state index in [4.69, 9.17) is 4.52 Å². The molecule has 0 aliphatic heterocycles. The summed E-state index contributed by atoms with van der Waals surface area (Å²) in [6.07, 6.45) is 3.47. The van der Waals surface area contributed by atoms with Crippen molar-refractivity contribution >= 4 is 5.95 Å². The zero-order valence-electron chi connectivity index (χ0n) is 9.53. The molecule has 1 aliphatic rings. The summed E-state index contributed by atoms with van der Waals surface area (Å²) in [5.74, 6) is 2.17. The topological polar surface area (TPSA) is 54.2 Å². The van der Waals surface area contributed by atoms with Gasteiger partial charge in [-0.3, -0.25) is 0 Å². The van der Waals surface area contributed by atoms with Crippen molar-refractivity contribution in [1.82, 2.24) is 15.5 Å². The second-order valence-electron chi connectivity index (χ2n) is 4.32. The Morgan fingerprint density at radius 1 is 1.53 bits per heavy atom. The summed E-state index contributed by atoms with van der Waals surface area (Å²) in [5.41, 5.74) is 0. The van der Waals surface area contributed by atoms with E-state index in [-0.39, 0.29) is 0 Å². The Hall–Kier alpha value is -1.10. The van der Waals surface area contributed by atoms with E-state index in [2.05, 4.69) is 15.5 Å². The molecule has 1 fully saturated rings. The fourth-order valence-corrected chi connectivity index (χ4v) is 1.70. The molecule has 0 bridgehead atoms. The first-order valence-corrected chi connectivity index (χ1v) is 5.38. The van der Waals surface area contributed by atoms with Crippen molar-refractivity contribution in [3.63, 3.8) is 0 Å². The zero-order chi connectivity index (χ0) is 10.8. The highest BCUT2D eigenvalue weighted by Crippen LogP contribution is 2.33. The van der Waals surface area contributed by atoms with E-state index in [9.17, 15) is 0 Å². The number of hydrogen-bond donors (Lipinski definition) is 1. The van der Waals surface area contributed by atoms with Crippen LogP contribution in [0.25, 0.3) is 0 Å². The maximum Gasteiger partial charge on any atom is 0.265 e. The van der Waals surface area contributed by atoms with E-state index < -0.39 is 0 Å². The predicted octanol–water partition coefficient (Wildman–Crippen LogP) is 0.676. The molecule has 84 valence electrons. The van der Waals surface area contributed by atoms with Crippen LogP contribution in [0, 0.1) is 5.92 Å². The quantitative estimate of drug-likeness (QED) is 0.774. The molecule has 1 saturated carbocycles. The largest absolute Gasteiger partial charge is 0.344 e. The Kier molecular flexibility index (Phi) is 2.90. The maximum atomic E-state index is 5.19. The third-order valence-electron chi connectivity index (χ3n) is 2.81. The average Bonchev–Trinajstić information content (AvgIpc) is 2.94. The number of hydrogen-bond acceptors (Lipinski definition) is 5. The number of aromatic nitrogens is 2. The second-order valence-corrected chi connectivity index (χ2v) is 4.32. The van der Waals surface area contributed by atoms with Crippen molar-refractivity contribution in [2.45, 2.75) is 25.3 Å². The van der Waals surface area contributed by atoms with Crippen molar-refractivity contribution in [2.24, 2.45) is 5.92 Å². The average molecular weight is 210 g/mol. The number of rotatable bonds is 5. The van der Waals surface area contributed by atoms with Gasteiger partial charge < -0.3 is 14.7 Å². The zero-order valence-corrected chi connectivity index (χ0v) is 9.53. The molecule has 1 atom stereocenters. The molecule has 1 N–H and O–H groups in total. The molecule has 1 aromatic rings. The lowest BCUT2D eigenvalue weighted by Gasteiger charge is -2.11. The number of likely N-dealkylation sites (N-methyl/N-ethyl adjacent to an activating group) is 1. The van der Waals surface area contributed by atoms with E-state index in [1.54, 1.807) is 0 Å². The molecular weight excluding hydrogens is 192 g/mol. The van der Waals surface area contributed by atoms with Gasteiger partial charge >= 0.3 is 0 Å². The maximum absolute atomic E-state index is 5.19. The molecule has 5 heteroatoms. The summed E-state index contributed by atoms with van der Waals surface area (Å²) < 4.78 is 5.19. The number of nitrogens with one attached hydrogen (secondary N) is 1. The van der Waals surface area contributed by atoms with Crippen LogP contribution < -0.4 is 10.2 Å². The van der Waals surface area contributed by atoms with Gasteiger partial charge in [-0.1, -0.05) is 0 Å². The number of anilines is 1. The summed E-state index contributed by atoms with van der Waals surface area (Å²) >= 11 is 0. The normalized spacial score (nSPS) is 17.8. The molecule has 0 amide bonds. The molecule has 1 heterocycles. The Morgan fingerprint density at radius 3 is 2.73 bits per heavy atom. The van der Waals surface area contributed by atoms with E-state index in [1.807, 2.05) is 26.0 Å². The van der Waals surface area contributed by atoms with Crippen LogP contribution in [0.3, 0.4) is 0 Å². The molecule has 1 aliphatic carbocycles. The van der Waals surface area contributed by atoms with Gasteiger partial charge in [-0.15, -0.1) is 0 Å². The minimum atomic E-state index is 0.487. The van der Waals surface area contributed by atoms with Gasteiger partial charge in [0.05, 0.1) is 0 Å². The molecule has 0 saturated heterocycles. The van der Waals surface area contributed by atoms with Gasteiger partial charge in [-0.2, -0.15) is 4.98 Å². The van der Waals surface area contributed by atoms with Gasteiger partial charge in [0.1, 0.15) is 0 Å². The molecule has 2 rings (SSSR count). The lowest BCUT2D eigenvalue weighted by atomic mass is 10.1. The van der Waals surface area contributed by atoms with Crippen molar-refractivity contribution in [2.75, 3.05) is 26.0 Å². The van der Waals surface area contributed by atoms with Crippen molar-refractivity contribution < 1.29 is 4.52 Å². The molecule has 5 nitrogen and oxygen atoms in total. The van der Waals surface area contributed by atoms with Crippen molar-refractivity contribution in [1.29, 1.82) is 0 Å². The number of nitrogens with zero attached hydrogens (tertiary/aromatic N) is 3. The summed E-state index contributed by atoms with van der Waals surface area (Å²) in [6, 6.07) is 0.487. The van der Waals surface area contributed by atoms with Crippen molar-refractivity contribution in [3.8, 4) is 0 Å². The van der Waals surface area contributed by atoms with Crippen LogP contribution in [0.2, 0.25) is 0 Å². The fraction of sp³-hybridized carbons (Fsp3) is 0.800. The van der Waals surface area contributed by atoms with Gasteiger partial charge in [0.2, 0.25) is 5.89 Å². The summed E-state index contributed by atoms with van der Waals surface area (Å²) in [5, 5.41) is 7.20. The Labute approximate surface area is 89.8 Å². The van der Waals surface area contributed by atoms with E-state index >= 15 is 0 Å². The summed E-state index contributed by atoms with van der Waals surface area (Å²) in [6.45, 7) is 0. The Balaban J connectivity index is 1.96. The standard InChI is InChI=1S/C10H18N4O/c1-11-8(7-4-5-7)6-9-12-10(13-15-9)14(2)3/h7-8,11H,4-6H2,1-3H3. The van der Waals surface area contributed by atoms with E-state index in [0.29, 0.717) is 12.0 Å². The minimum Gasteiger partial charge on any atom is -0.344 e. The Morgan fingerprint density at radius 2 is 2.27 bits per heavy atom. The van der Waals surface area contributed by atoms with Gasteiger partial charge in [0.25, 0.3) is 5.95 Å². The van der Waals surface area contributed by atoms with Crippen LogP contribution in [-0.2, 0) is 6.42 Å². The highest BCUT2D eigenvalue weighted by molar-refractivity contribution is 5.23. The molecule has 0 aromatic carbocycles. The molecule has 1 aromatic heterocycles. The molecule has 0 spiro atoms. The van der Waals surface area contributed by atoms with Gasteiger partial charge in [0.15, 0.2) is 0 Å². The smallest absolute Gasteiger partial charge is 0.265 e. The van der Waals surface area contributed by atoms with Crippen LogP contribution in [0.1, 0.15) is 18.7 Å². The lowest BCUT2D eigenvalue weighted by molar-refractivity contribution is 0.352. The van der Waals surface area contributed by atoms with Crippen LogP contribution in [-0.4, -0.2) is 37.3 Å². The van der Waals surface area contributed by atoms with E-state index in [0.717, 1.165) is 18.2 Å². The van der Waals surface area contributed by atoms with Gasteiger partial charge in [-0.25, -0.2) is 0 Å². The van der Waals surface area contributed by atoms with Crippen LogP contribution >= 0.6 is 0 Å². The Bertz CT molecular complexity index is 319. The first kappa shape index (κ1) is 10.4. The van der Waals surface area contributed by atoms with E-state index in [1.165, 1.54) is 12.8 Å². The first-order chi connectivity index (χ1) is 7.20. The molecule has 15 heavy (non-hydrogen) atoms. The van der Waals surface area contributed by atoms with Gasteiger partial charge in [-0.05, 0) is 31.0 Å². The molecule has 1 unspecified atom stereocenters. The van der Waals surface area contributed by atoms with Crippen LogP contribution in [0.5, 0.6) is 0 Å². The monoisotopic (exact) mass is 210 g/mol. The summed E-state index contributed by atoms with van der Waals surface area (Å²) in [7, 11) is 5.81.